The van der Waals surface area contributed by atoms with E-state index in [-0.39, 0.29) is 5.56 Å². The molecule has 0 amide bonds. The molecule has 0 saturated carbocycles. The van der Waals surface area contributed by atoms with Crippen LogP contribution in [-0.2, 0) is 7.05 Å². The molecule has 3 aromatic rings. The Bertz CT molecular complexity index is 818. The first-order valence-corrected chi connectivity index (χ1v) is 6.32. The zero-order valence-electron chi connectivity index (χ0n) is 11.3. The molecule has 100 valence electrons. The summed E-state index contributed by atoms with van der Waals surface area (Å²) in [7, 11) is 1.96. The van der Waals surface area contributed by atoms with Crippen molar-refractivity contribution in [2.75, 3.05) is 0 Å². The van der Waals surface area contributed by atoms with E-state index in [1.54, 1.807) is 6.07 Å². The van der Waals surface area contributed by atoms with Gasteiger partial charge in [0.25, 0.3) is 0 Å². The van der Waals surface area contributed by atoms with Crippen LogP contribution in [0.1, 0.15) is 15.9 Å². The summed E-state index contributed by atoms with van der Waals surface area (Å²) in [5.74, 6) is -0.941. The minimum absolute atomic E-state index is 0.247. The van der Waals surface area contributed by atoms with Crippen LogP contribution in [0, 0.1) is 6.92 Å². The normalized spacial score (nSPS) is 10.9. The van der Waals surface area contributed by atoms with Crippen molar-refractivity contribution in [3.63, 3.8) is 0 Å². The highest BCUT2D eigenvalue weighted by molar-refractivity contribution is 5.91. The number of benzene rings is 1. The minimum atomic E-state index is -0.941. The summed E-state index contributed by atoms with van der Waals surface area (Å²) >= 11 is 0. The number of pyridine rings is 1. The molecular formula is C16H14N2O2. The molecule has 3 rings (SSSR count). The highest BCUT2D eigenvalue weighted by Gasteiger charge is 2.12. The maximum absolute atomic E-state index is 11.1. The Kier molecular flexibility index (Phi) is 2.79. The Morgan fingerprint density at radius 2 is 2.05 bits per heavy atom. The fourth-order valence-electron chi connectivity index (χ4n) is 2.46. The van der Waals surface area contributed by atoms with Crippen LogP contribution in [-0.4, -0.2) is 20.6 Å². The predicted octanol–water partition coefficient (Wildman–Crippen LogP) is 3.25. The molecule has 1 aromatic carbocycles. The van der Waals surface area contributed by atoms with Crippen molar-refractivity contribution in [2.45, 2.75) is 6.92 Å². The number of carboxylic acid groups (broad SMARTS) is 1. The standard InChI is InChI=1S/C16H14N2O2/c1-10-4-3-5-14-12(10)9-15(18(14)2)13-8-11(16(19)20)6-7-17-13/h3-9H,1-2H3,(H,19,20). The van der Waals surface area contributed by atoms with Gasteiger partial charge in [0.1, 0.15) is 0 Å². The van der Waals surface area contributed by atoms with E-state index < -0.39 is 5.97 Å². The van der Waals surface area contributed by atoms with Gasteiger partial charge in [0.2, 0.25) is 0 Å². The molecule has 2 heterocycles. The van der Waals surface area contributed by atoms with E-state index in [1.807, 2.05) is 23.7 Å². The van der Waals surface area contributed by atoms with Crippen LogP contribution < -0.4 is 0 Å². The van der Waals surface area contributed by atoms with Crippen LogP contribution in [0.2, 0.25) is 0 Å². The topological polar surface area (TPSA) is 55.1 Å². The van der Waals surface area contributed by atoms with Crippen LogP contribution in [0.15, 0.2) is 42.6 Å². The first kappa shape index (κ1) is 12.4. The van der Waals surface area contributed by atoms with Gasteiger partial charge in [-0.3, -0.25) is 4.98 Å². The summed E-state index contributed by atoms with van der Waals surface area (Å²) in [6.45, 7) is 2.06. The number of hydrogen-bond donors (Lipinski definition) is 1. The Labute approximate surface area is 116 Å². The van der Waals surface area contributed by atoms with Crippen molar-refractivity contribution < 1.29 is 9.90 Å². The van der Waals surface area contributed by atoms with E-state index >= 15 is 0 Å². The van der Waals surface area contributed by atoms with Crippen LogP contribution in [0.4, 0.5) is 0 Å². The Hall–Kier alpha value is -2.62. The molecule has 2 aromatic heterocycles. The molecule has 0 bridgehead atoms. The number of carbonyl (C=O) groups is 1. The number of hydrogen-bond acceptors (Lipinski definition) is 2. The lowest BCUT2D eigenvalue weighted by molar-refractivity contribution is 0.0697. The number of rotatable bonds is 2. The molecule has 4 heteroatoms. The number of nitrogens with zero attached hydrogens (tertiary/aromatic N) is 2. The van der Waals surface area contributed by atoms with Gasteiger partial charge in [-0.2, -0.15) is 0 Å². The van der Waals surface area contributed by atoms with E-state index in [9.17, 15) is 4.79 Å². The first-order chi connectivity index (χ1) is 9.58. The van der Waals surface area contributed by atoms with Crippen LogP contribution in [0.3, 0.4) is 0 Å². The monoisotopic (exact) mass is 266 g/mol. The second-order valence-corrected chi connectivity index (χ2v) is 4.83. The van der Waals surface area contributed by atoms with E-state index in [0.717, 1.165) is 16.6 Å². The van der Waals surface area contributed by atoms with Crippen molar-refractivity contribution in [1.82, 2.24) is 9.55 Å². The summed E-state index contributed by atoms with van der Waals surface area (Å²) in [6, 6.07) is 11.3. The minimum Gasteiger partial charge on any atom is -0.478 e. The zero-order chi connectivity index (χ0) is 14.3. The lowest BCUT2D eigenvalue weighted by Gasteiger charge is -2.04. The molecule has 0 radical (unpaired) electrons. The summed E-state index contributed by atoms with van der Waals surface area (Å²) in [5, 5.41) is 10.2. The largest absolute Gasteiger partial charge is 0.478 e. The predicted molar refractivity (Wildman–Crippen MR) is 77.8 cm³/mol. The average Bonchev–Trinajstić information content (AvgIpc) is 2.78. The first-order valence-electron chi connectivity index (χ1n) is 6.32. The smallest absolute Gasteiger partial charge is 0.335 e. The second-order valence-electron chi connectivity index (χ2n) is 4.83. The van der Waals surface area contributed by atoms with Gasteiger partial charge in [-0.1, -0.05) is 12.1 Å². The van der Waals surface area contributed by atoms with Crippen molar-refractivity contribution in [3.05, 3.63) is 53.7 Å². The van der Waals surface area contributed by atoms with Crippen molar-refractivity contribution in [2.24, 2.45) is 7.05 Å². The third-order valence-corrected chi connectivity index (χ3v) is 3.57. The van der Waals surface area contributed by atoms with Gasteiger partial charge in [-0.25, -0.2) is 4.79 Å². The molecule has 0 atom stereocenters. The maximum Gasteiger partial charge on any atom is 0.335 e. The van der Waals surface area contributed by atoms with Crippen LogP contribution >= 0.6 is 0 Å². The van der Waals surface area contributed by atoms with Gasteiger partial charge in [0.05, 0.1) is 17.0 Å². The lowest BCUT2D eigenvalue weighted by atomic mass is 10.1. The molecule has 0 fully saturated rings. The molecule has 0 aliphatic carbocycles. The summed E-state index contributed by atoms with van der Waals surface area (Å²) in [4.78, 5) is 15.4. The summed E-state index contributed by atoms with van der Waals surface area (Å²) in [6.07, 6.45) is 1.53. The van der Waals surface area contributed by atoms with Crippen LogP contribution in [0.25, 0.3) is 22.3 Å². The SMILES string of the molecule is Cc1cccc2c1cc(-c1cc(C(=O)O)ccn1)n2C. The number of aromatic carboxylic acids is 1. The Balaban J connectivity index is 2.25. The quantitative estimate of drug-likeness (QED) is 0.774. The van der Waals surface area contributed by atoms with E-state index in [2.05, 4.69) is 24.0 Å². The zero-order valence-corrected chi connectivity index (χ0v) is 11.3. The molecule has 0 aliphatic rings. The molecular weight excluding hydrogens is 252 g/mol. The van der Waals surface area contributed by atoms with Gasteiger partial charge in [-0.05, 0) is 36.8 Å². The molecule has 1 N–H and O–H groups in total. The highest BCUT2D eigenvalue weighted by Crippen LogP contribution is 2.28. The molecule has 20 heavy (non-hydrogen) atoms. The fourth-order valence-corrected chi connectivity index (χ4v) is 2.46. The van der Waals surface area contributed by atoms with Gasteiger partial charge < -0.3 is 9.67 Å². The number of aryl methyl sites for hydroxylation is 2. The molecule has 4 nitrogen and oxygen atoms in total. The summed E-state index contributed by atoms with van der Waals surface area (Å²) < 4.78 is 2.04. The highest BCUT2D eigenvalue weighted by atomic mass is 16.4. The molecule has 0 aliphatic heterocycles. The lowest BCUT2D eigenvalue weighted by Crippen LogP contribution is -1.99. The second kappa shape index (κ2) is 4.49. The number of fused-ring (bicyclic) bond motifs is 1. The molecule has 0 spiro atoms. The van der Waals surface area contributed by atoms with E-state index in [0.29, 0.717) is 5.69 Å². The maximum atomic E-state index is 11.1. The molecule has 0 saturated heterocycles. The van der Waals surface area contributed by atoms with Crippen LogP contribution in [0.5, 0.6) is 0 Å². The van der Waals surface area contributed by atoms with Gasteiger partial charge in [0.15, 0.2) is 0 Å². The van der Waals surface area contributed by atoms with E-state index in [1.165, 1.54) is 17.8 Å². The Morgan fingerprint density at radius 1 is 1.25 bits per heavy atom. The van der Waals surface area contributed by atoms with Gasteiger partial charge in [0, 0.05) is 24.1 Å². The average molecular weight is 266 g/mol. The number of aromatic nitrogens is 2. The Morgan fingerprint density at radius 3 is 2.75 bits per heavy atom. The number of carboxylic acids is 1. The fraction of sp³-hybridized carbons (Fsp3) is 0.125. The van der Waals surface area contributed by atoms with Crippen molar-refractivity contribution in [1.29, 1.82) is 0 Å². The van der Waals surface area contributed by atoms with Gasteiger partial charge in [-0.15, -0.1) is 0 Å². The molecule has 0 unspecified atom stereocenters. The summed E-state index contributed by atoms with van der Waals surface area (Å²) in [5.41, 5.74) is 4.14. The third-order valence-electron chi connectivity index (χ3n) is 3.57. The van der Waals surface area contributed by atoms with Crippen molar-refractivity contribution >= 4 is 16.9 Å². The van der Waals surface area contributed by atoms with Gasteiger partial charge >= 0.3 is 5.97 Å². The third kappa shape index (κ3) is 1.86. The van der Waals surface area contributed by atoms with Crippen molar-refractivity contribution in [3.8, 4) is 11.4 Å². The van der Waals surface area contributed by atoms with E-state index in [4.69, 9.17) is 5.11 Å².